The lowest BCUT2D eigenvalue weighted by Gasteiger charge is -2.35. The molecule has 4 amide bonds. The first-order chi connectivity index (χ1) is 42.2. The minimum absolute atomic E-state index is 0.0451. The number of ether oxygens (including phenoxy) is 1. The molecule has 1 saturated carbocycles. The summed E-state index contributed by atoms with van der Waals surface area (Å²) < 4.78 is 15.2. The van der Waals surface area contributed by atoms with Crippen molar-refractivity contribution in [3.8, 4) is 27.3 Å². The maximum Gasteiger partial charge on any atom is 0.273 e. The average molecular weight is 1210 g/mol. The fraction of sp³-hybridized carbons (Fsp3) is 0.439. The Balaban J connectivity index is 0.713. The minimum Gasteiger partial charge on any atom is -0.493 e. The van der Waals surface area contributed by atoms with E-state index in [0.717, 1.165) is 73.0 Å². The Morgan fingerprint density at radius 2 is 1.72 bits per heavy atom. The van der Waals surface area contributed by atoms with Gasteiger partial charge in [-0.2, -0.15) is 5.10 Å². The number of anilines is 2. The van der Waals surface area contributed by atoms with Crippen LogP contribution in [0.4, 0.5) is 10.9 Å². The molecule has 454 valence electrons. The molecular formula is C66H76N12O7S2. The number of β-amino-alcohol motifs (C(OH)–C–C–N with tert-alkyl or cyclic N) is 1. The second-order valence-electron chi connectivity index (χ2n) is 24.1. The van der Waals surface area contributed by atoms with Gasteiger partial charge in [-0.25, -0.2) is 15.0 Å². The van der Waals surface area contributed by atoms with E-state index in [1.54, 1.807) is 24.3 Å². The largest absolute Gasteiger partial charge is 0.493 e. The molecule has 1 aliphatic carbocycles. The molecule has 8 aromatic rings. The third-order valence-electron chi connectivity index (χ3n) is 17.8. The number of aryl methyl sites for hydroxylation is 2. The predicted octanol–water partition coefficient (Wildman–Crippen LogP) is 10.2. The number of hydrogen-bond donors (Lipinski definition) is 3. The third-order valence-corrected chi connectivity index (χ3v) is 19.7. The number of nitrogens with zero attached hydrogens (tertiary/aromatic N) is 10. The van der Waals surface area contributed by atoms with Crippen LogP contribution in [0.3, 0.4) is 0 Å². The highest BCUT2D eigenvalue weighted by Crippen LogP contribution is 2.37. The summed E-state index contributed by atoms with van der Waals surface area (Å²) in [6.45, 7) is 15.5. The summed E-state index contributed by atoms with van der Waals surface area (Å²) in [5, 5.41) is 26.4. The van der Waals surface area contributed by atoms with Crippen molar-refractivity contribution < 1.29 is 33.5 Å². The fourth-order valence-corrected chi connectivity index (χ4v) is 14.7. The van der Waals surface area contributed by atoms with Crippen LogP contribution in [0.15, 0.2) is 95.1 Å². The zero-order valence-corrected chi connectivity index (χ0v) is 51.8. The van der Waals surface area contributed by atoms with Gasteiger partial charge in [-0.1, -0.05) is 86.0 Å². The lowest BCUT2D eigenvalue weighted by molar-refractivity contribution is -0.141. The molecule has 21 heteroatoms. The Morgan fingerprint density at radius 1 is 0.897 bits per heavy atom. The zero-order chi connectivity index (χ0) is 60.3. The number of nitrogens with one attached hydrogen (secondary N) is 2. The van der Waals surface area contributed by atoms with Gasteiger partial charge in [0.1, 0.15) is 35.0 Å². The summed E-state index contributed by atoms with van der Waals surface area (Å²) in [6, 6.07) is 24.7. The molecule has 4 aliphatic rings. The zero-order valence-electron chi connectivity index (χ0n) is 50.2. The van der Waals surface area contributed by atoms with Crippen LogP contribution in [0.2, 0.25) is 0 Å². The van der Waals surface area contributed by atoms with Gasteiger partial charge in [-0.3, -0.25) is 34.1 Å². The first kappa shape index (κ1) is 59.5. The van der Waals surface area contributed by atoms with E-state index in [9.17, 15) is 19.5 Å². The molecular weight excluding hydrogens is 1140 g/mol. The highest BCUT2D eigenvalue weighted by molar-refractivity contribution is 7.22. The number of benzene rings is 3. The maximum atomic E-state index is 15.1. The predicted molar refractivity (Wildman–Crippen MR) is 337 cm³/mol. The molecule has 0 bridgehead atoms. The van der Waals surface area contributed by atoms with Crippen molar-refractivity contribution >= 4 is 67.5 Å². The summed E-state index contributed by atoms with van der Waals surface area (Å²) in [5.41, 5.74) is 11.7. The van der Waals surface area contributed by atoms with Crippen molar-refractivity contribution in [1.82, 2.24) is 49.9 Å². The Labute approximate surface area is 515 Å². The summed E-state index contributed by atoms with van der Waals surface area (Å²) in [5.74, 6) is 0.583. The number of piperazine rings is 1. The van der Waals surface area contributed by atoms with Gasteiger partial charge in [0.05, 0.1) is 50.9 Å². The normalized spacial score (nSPS) is 17.9. The van der Waals surface area contributed by atoms with Crippen molar-refractivity contribution in [2.45, 2.75) is 124 Å². The van der Waals surface area contributed by atoms with Gasteiger partial charge in [-0.05, 0) is 111 Å². The fourth-order valence-electron chi connectivity index (χ4n) is 13.0. The molecule has 3 atom stereocenters. The van der Waals surface area contributed by atoms with E-state index in [1.165, 1.54) is 48.3 Å². The standard InChI is InChI=1S/C66H76N12O7S2/c1-40(2)59(56-31-41(3)73-85-56)64(82)77-37-48(79)33-54(77)63(81)67-34-47-20-19-46(61-42(4)68-39-86-61)32-55(47)84-30-12-24-74-26-28-75(29-27-74)65(83)60-49(51-35-69-78(43(51)5)36-44-13-7-6-8-14-44)21-22-58(71-60)76-25-23-45-15-11-16-50(52(45)38-76)62(80)72-66-70-53-17-9-10-18-57(53)87-66/h9-11,15-22,31-32,35,39-40,44,48,54,59,79H,6-8,12-14,23-30,33-34,36-38H2,1-5H3,(H,67,81)(H,70,72,80)/t48-,54+,59+/m1/s1. The van der Waals surface area contributed by atoms with Crippen LogP contribution in [0.25, 0.3) is 31.8 Å². The molecule has 0 radical (unpaired) electrons. The SMILES string of the molecule is Cc1cc([C@@H](C(=O)N2C[C@H](O)C[C@H]2C(=O)NCc2ccc(-c3scnc3C)cc2OCCCN2CCN(C(=O)c3nc(N4CCc5cccc(C(=O)Nc6nc7ccccc7s6)c5C4)ccc3-c3cnn(CC4CCCCC4)c3C)CC2)C(C)C)on1. The van der Waals surface area contributed by atoms with Crippen molar-refractivity contribution in [3.05, 3.63) is 141 Å². The van der Waals surface area contributed by atoms with E-state index in [-0.39, 0.29) is 49.1 Å². The van der Waals surface area contributed by atoms with Gasteiger partial charge in [0.25, 0.3) is 11.8 Å². The lowest BCUT2D eigenvalue weighted by atomic mass is 9.89. The number of carbonyl (C=O) groups is 4. The number of aliphatic hydroxyl groups excluding tert-OH is 1. The number of aliphatic hydroxyl groups is 1. The van der Waals surface area contributed by atoms with Crippen molar-refractivity contribution in [3.63, 3.8) is 0 Å². The summed E-state index contributed by atoms with van der Waals surface area (Å²) >= 11 is 3.01. The molecule has 8 heterocycles. The van der Waals surface area contributed by atoms with Gasteiger partial charge in [0, 0.05) is 106 Å². The number of carbonyl (C=O) groups excluding carboxylic acids is 4. The highest BCUT2D eigenvalue weighted by Gasteiger charge is 2.43. The Hall–Kier alpha value is -7.85. The number of para-hydroxylation sites is 1. The molecule has 0 unspecified atom stereocenters. The Bertz CT molecular complexity index is 3770. The number of aromatic nitrogens is 6. The monoisotopic (exact) mass is 1210 g/mol. The van der Waals surface area contributed by atoms with E-state index in [4.69, 9.17) is 19.3 Å². The first-order valence-corrected chi connectivity index (χ1v) is 32.4. The van der Waals surface area contributed by atoms with Gasteiger partial charge in [-0.15, -0.1) is 11.3 Å². The molecule has 0 spiro atoms. The van der Waals surface area contributed by atoms with Crippen LogP contribution in [-0.2, 0) is 35.6 Å². The molecule has 2 saturated heterocycles. The van der Waals surface area contributed by atoms with Gasteiger partial charge in [0.2, 0.25) is 11.8 Å². The number of hydrogen-bond acceptors (Lipinski definition) is 16. The highest BCUT2D eigenvalue weighted by atomic mass is 32.1. The van der Waals surface area contributed by atoms with E-state index >= 15 is 4.79 Å². The molecule has 3 aromatic carbocycles. The van der Waals surface area contributed by atoms with E-state index in [0.29, 0.717) is 104 Å². The number of pyridine rings is 1. The summed E-state index contributed by atoms with van der Waals surface area (Å²) in [7, 11) is 0. The quantitative estimate of drug-likeness (QED) is 0.0642. The number of rotatable bonds is 19. The second kappa shape index (κ2) is 26.2. The number of thiazole rings is 2. The maximum absolute atomic E-state index is 15.1. The second-order valence-corrected chi connectivity index (χ2v) is 26.0. The van der Waals surface area contributed by atoms with Crippen LogP contribution in [0.1, 0.15) is 125 Å². The number of fused-ring (bicyclic) bond motifs is 2. The Morgan fingerprint density at radius 3 is 2.49 bits per heavy atom. The molecule has 19 nitrogen and oxygen atoms in total. The average Bonchev–Trinajstić information content (AvgIpc) is 3.78. The minimum atomic E-state index is -0.863. The smallest absolute Gasteiger partial charge is 0.273 e. The van der Waals surface area contributed by atoms with Crippen molar-refractivity contribution in [2.75, 3.05) is 62.6 Å². The van der Waals surface area contributed by atoms with Crippen LogP contribution >= 0.6 is 22.7 Å². The van der Waals surface area contributed by atoms with Crippen LogP contribution in [-0.4, -0.2) is 138 Å². The molecule has 12 rings (SSSR count). The topological polar surface area (TPSA) is 217 Å². The van der Waals surface area contributed by atoms with Crippen LogP contribution in [0, 0.1) is 32.6 Å². The van der Waals surface area contributed by atoms with Crippen molar-refractivity contribution in [1.29, 1.82) is 0 Å². The van der Waals surface area contributed by atoms with E-state index < -0.39 is 18.1 Å². The van der Waals surface area contributed by atoms with Gasteiger partial charge in [0.15, 0.2) is 5.13 Å². The van der Waals surface area contributed by atoms with Gasteiger partial charge >= 0.3 is 0 Å². The van der Waals surface area contributed by atoms with Crippen molar-refractivity contribution in [2.24, 2.45) is 11.8 Å². The summed E-state index contributed by atoms with van der Waals surface area (Å²) in [4.78, 5) is 80.6. The first-order valence-electron chi connectivity index (χ1n) is 30.7. The van der Waals surface area contributed by atoms with Crippen LogP contribution in [0.5, 0.6) is 5.75 Å². The van der Waals surface area contributed by atoms with E-state index in [2.05, 4.69) is 53.2 Å². The number of amides is 4. The molecule has 3 aliphatic heterocycles. The third kappa shape index (κ3) is 13.1. The summed E-state index contributed by atoms with van der Waals surface area (Å²) in [6.07, 6.45) is 8.79. The Kier molecular flexibility index (Phi) is 17.9. The number of likely N-dealkylation sites (tertiary alicyclic amines) is 1. The molecule has 87 heavy (non-hydrogen) atoms. The molecule has 3 fully saturated rings. The van der Waals surface area contributed by atoms with Gasteiger partial charge < -0.3 is 34.4 Å². The van der Waals surface area contributed by atoms with Crippen LogP contribution < -0.4 is 20.3 Å². The lowest BCUT2D eigenvalue weighted by Crippen LogP contribution is -2.49. The molecule has 5 aromatic heterocycles. The van der Waals surface area contributed by atoms with E-state index in [1.807, 2.05) is 104 Å². The molecule has 3 N–H and O–H groups in total.